The lowest BCUT2D eigenvalue weighted by molar-refractivity contribution is -0.131. The minimum Gasteiger partial charge on any atom is -0.344 e. The van der Waals surface area contributed by atoms with Gasteiger partial charge in [-0.25, -0.2) is 0 Å². The lowest BCUT2D eigenvalue weighted by Crippen LogP contribution is -2.44. The van der Waals surface area contributed by atoms with Gasteiger partial charge in [0.15, 0.2) is 0 Å². The maximum Gasteiger partial charge on any atom is 0.239 e. The number of fused-ring (bicyclic) bond motifs is 1. The Morgan fingerprint density at radius 1 is 1.33 bits per heavy atom. The number of nitrogens with one attached hydrogen (secondary N) is 1. The van der Waals surface area contributed by atoms with E-state index in [-0.39, 0.29) is 11.9 Å². The number of rotatable bonds is 4. The summed E-state index contributed by atoms with van der Waals surface area (Å²) in [6, 6.07) is 4.66. The van der Waals surface area contributed by atoms with Crippen molar-refractivity contribution in [2.75, 3.05) is 13.6 Å². The Morgan fingerprint density at radius 2 is 2.10 bits per heavy atom. The van der Waals surface area contributed by atoms with Crippen molar-refractivity contribution in [2.24, 2.45) is 5.92 Å². The van der Waals surface area contributed by atoms with Crippen molar-refractivity contribution in [3.63, 3.8) is 0 Å². The summed E-state index contributed by atoms with van der Waals surface area (Å²) in [5, 5.41) is 3.57. The number of pyridine rings is 1. The molecule has 3 rings (SSSR count). The van der Waals surface area contributed by atoms with Crippen molar-refractivity contribution in [1.82, 2.24) is 15.2 Å². The molecular weight excluding hydrogens is 262 g/mol. The van der Waals surface area contributed by atoms with Crippen LogP contribution in [0.3, 0.4) is 0 Å². The fourth-order valence-electron chi connectivity index (χ4n) is 3.73. The topological polar surface area (TPSA) is 45.2 Å². The molecule has 0 aromatic carbocycles. The van der Waals surface area contributed by atoms with Gasteiger partial charge in [0.1, 0.15) is 0 Å². The summed E-state index contributed by atoms with van der Waals surface area (Å²) in [6.45, 7) is 0.774. The highest BCUT2D eigenvalue weighted by molar-refractivity contribution is 5.82. The molecule has 114 valence electrons. The van der Waals surface area contributed by atoms with Gasteiger partial charge in [-0.2, -0.15) is 0 Å². The molecule has 2 heterocycles. The first-order valence-corrected chi connectivity index (χ1v) is 8.14. The summed E-state index contributed by atoms with van der Waals surface area (Å²) >= 11 is 0. The molecule has 0 spiro atoms. The largest absolute Gasteiger partial charge is 0.344 e. The van der Waals surface area contributed by atoms with Crippen LogP contribution >= 0.6 is 0 Å². The molecule has 0 radical (unpaired) electrons. The van der Waals surface area contributed by atoms with E-state index in [9.17, 15) is 4.79 Å². The molecule has 1 aromatic rings. The first kappa shape index (κ1) is 14.5. The molecule has 1 aliphatic carbocycles. The lowest BCUT2D eigenvalue weighted by atomic mass is 9.85. The highest BCUT2D eigenvalue weighted by Crippen LogP contribution is 2.33. The third kappa shape index (κ3) is 3.43. The van der Waals surface area contributed by atoms with E-state index in [1.54, 1.807) is 12.4 Å². The van der Waals surface area contributed by atoms with Crippen LogP contribution in [-0.2, 0) is 11.2 Å². The third-order valence-electron chi connectivity index (χ3n) is 5.02. The number of aromatic nitrogens is 1. The van der Waals surface area contributed by atoms with Crippen LogP contribution in [0, 0.1) is 5.92 Å². The predicted octanol–water partition coefficient (Wildman–Crippen LogP) is 2.00. The maximum absolute atomic E-state index is 12.6. The van der Waals surface area contributed by atoms with E-state index in [0.717, 1.165) is 25.3 Å². The van der Waals surface area contributed by atoms with Crippen molar-refractivity contribution in [1.29, 1.82) is 0 Å². The van der Waals surface area contributed by atoms with Gasteiger partial charge in [-0.15, -0.1) is 0 Å². The van der Waals surface area contributed by atoms with Gasteiger partial charge in [0.05, 0.1) is 6.04 Å². The molecule has 1 amide bonds. The van der Waals surface area contributed by atoms with Crippen molar-refractivity contribution < 1.29 is 4.79 Å². The SMILES string of the molecule is CN(CCc1ccncc1)C(=O)C1CC2CCCCC2N1. The molecule has 4 heteroatoms. The molecule has 1 saturated heterocycles. The highest BCUT2D eigenvalue weighted by Gasteiger charge is 2.38. The van der Waals surface area contributed by atoms with Gasteiger partial charge in [-0.3, -0.25) is 9.78 Å². The van der Waals surface area contributed by atoms with Crippen LogP contribution in [0.1, 0.15) is 37.7 Å². The summed E-state index contributed by atoms with van der Waals surface area (Å²) in [6.07, 6.45) is 10.7. The van der Waals surface area contributed by atoms with E-state index in [0.29, 0.717) is 6.04 Å². The van der Waals surface area contributed by atoms with E-state index in [1.165, 1.54) is 31.2 Å². The monoisotopic (exact) mass is 287 g/mol. The summed E-state index contributed by atoms with van der Waals surface area (Å²) in [5.74, 6) is 0.986. The number of nitrogens with zero attached hydrogens (tertiary/aromatic N) is 2. The number of amides is 1. The fraction of sp³-hybridized carbons (Fsp3) is 0.647. The molecule has 21 heavy (non-hydrogen) atoms. The Hall–Kier alpha value is -1.42. The zero-order valence-electron chi connectivity index (χ0n) is 12.8. The minimum absolute atomic E-state index is 0.0422. The number of hydrogen-bond donors (Lipinski definition) is 1. The number of likely N-dealkylation sites (N-methyl/N-ethyl adjacent to an activating group) is 1. The summed E-state index contributed by atoms with van der Waals surface area (Å²) < 4.78 is 0. The van der Waals surface area contributed by atoms with Gasteiger partial charge >= 0.3 is 0 Å². The normalized spacial score (nSPS) is 28.1. The van der Waals surface area contributed by atoms with Gasteiger partial charge in [-0.1, -0.05) is 12.8 Å². The summed E-state index contributed by atoms with van der Waals surface area (Å²) in [7, 11) is 1.92. The Bertz CT molecular complexity index is 462. The Morgan fingerprint density at radius 3 is 2.86 bits per heavy atom. The second-order valence-electron chi connectivity index (χ2n) is 6.47. The molecule has 4 nitrogen and oxygen atoms in total. The first-order valence-electron chi connectivity index (χ1n) is 8.14. The van der Waals surface area contributed by atoms with Crippen LogP contribution in [0.5, 0.6) is 0 Å². The standard InChI is InChI=1S/C17H25N3O/c1-20(11-8-13-6-9-18-10-7-13)17(21)16-12-14-4-2-3-5-15(14)19-16/h6-7,9-10,14-16,19H,2-5,8,11-12H2,1H3. The molecule has 2 aliphatic rings. The van der Waals surface area contributed by atoms with Gasteiger partial charge in [0.2, 0.25) is 5.91 Å². The third-order valence-corrected chi connectivity index (χ3v) is 5.02. The maximum atomic E-state index is 12.6. The van der Waals surface area contributed by atoms with E-state index < -0.39 is 0 Å². The van der Waals surface area contributed by atoms with Gasteiger partial charge in [-0.05, 0) is 49.3 Å². The Labute approximate surface area is 126 Å². The van der Waals surface area contributed by atoms with Crippen LogP contribution < -0.4 is 5.32 Å². The van der Waals surface area contributed by atoms with Crippen LogP contribution in [0.2, 0.25) is 0 Å². The molecule has 3 unspecified atom stereocenters. The van der Waals surface area contributed by atoms with E-state index >= 15 is 0 Å². The first-order chi connectivity index (χ1) is 10.2. The zero-order chi connectivity index (χ0) is 14.7. The smallest absolute Gasteiger partial charge is 0.239 e. The molecule has 1 aromatic heterocycles. The van der Waals surface area contributed by atoms with Crippen LogP contribution in [0.4, 0.5) is 0 Å². The average Bonchev–Trinajstić information content (AvgIpc) is 2.97. The highest BCUT2D eigenvalue weighted by atomic mass is 16.2. The number of carbonyl (C=O) groups excluding carboxylic acids is 1. The predicted molar refractivity (Wildman–Crippen MR) is 82.9 cm³/mol. The van der Waals surface area contributed by atoms with Crippen LogP contribution in [0.25, 0.3) is 0 Å². The van der Waals surface area contributed by atoms with Crippen molar-refractivity contribution in [3.05, 3.63) is 30.1 Å². The van der Waals surface area contributed by atoms with Crippen molar-refractivity contribution in [2.45, 2.75) is 50.6 Å². The molecular formula is C17H25N3O. The molecule has 1 N–H and O–H groups in total. The quantitative estimate of drug-likeness (QED) is 0.921. The van der Waals surface area contributed by atoms with E-state index in [1.807, 2.05) is 24.1 Å². The average molecular weight is 287 g/mol. The second kappa shape index (κ2) is 6.56. The Kier molecular flexibility index (Phi) is 4.54. The van der Waals surface area contributed by atoms with Crippen LogP contribution in [0.15, 0.2) is 24.5 Å². The zero-order valence-corrected chi connectivity index (χ0v) is 12.8. The molecule has 1 aliphatic heterocycles. The number of carbonyl (C=O) groups is 1. The van der Waals surface area contributed by atoms with Crippen molar-refractivity contribution >= 4 is 5.91 Å². The van der Waals surface area contributed by atoms with Crippen LogP contribution in [-0.4, -0.2) is 41.5 Å². The summed E-state index contributed by atoms with van der Waals surface area (Å²) in [4.78, 5) is 18.5. The minimum atomic E-state index is 0.0422. The number of hydrogen-bond acceptors (Lipinski definition) is 3. The van der Waals surface area contributed by atoms with E-state index in [2.05, 4.69) is 10.3 Å². The Balaban J connectivity index is 1.50. The summed E-state index contributed by atoms with van der Waals surface area (Å²) in [5.41, 5.74) is 1.23. The van der Waals surface area contributed by atoms with Crippen molar-refractivity contribution in [3.8, 4) is 0 Å². The fourth-order valence-corrected chi connectivity index (χ4v) is 3.73. The molecule has 3 atom stereocenters. The lowest BCUT2D eigenvalue weighted by Gasteiger charge is -2.24. The van der Waals surface area contributed by atoms with Gasteiger partial charge in [0.25, 0.3) is 0 Å². The van der Waals surface area contributed by atoms with Gasteiger partial charge in [0, 0.05) is 32.0 Å². The van der Waals surface area contributed by atoms with Gasteiger partial charge < -0.3 is 10.2 Å². The van der Waals surface area contributed by atoms with E-state index in [4.69, 9.17) is 0 Å². The second-order valence-corrected chi connectivity index (χ2v) is 6.47. The molecule has 1 saturated carbocycles. The molecule has 2 fully saturated rings. The molecule has 0 bridgehead atoms.